The normalized spacial score (nSPS) is 14.6. The third kappa shape index (κ3) is 37.8. The molecule has 0 aromatic heterocycles. The van der Waals surface area contributed by atoms with Gasteiger partial charge in [-0.25, -0.2) is 4.57 Å². The van der Waals surface area contributed by atoms with Crippen molar-refractivity contribution < 1.29 is 47.8 Å². The Bertz CT molecular complexity index is 1070. The van der Waals surface area contributed by atoms with Crippen LogP contribution in [0.1, 0.15) is 155 Å². The Morgan fingerprint density at radius 2 is 1.02 bits per heavy atom. The lowest BCUT2D eigenvalue weighted by Gasteiger charge is -2.20. The molecule has 10 nitrogen and oxygen atoms in total. The van der Waals surface area contributed by atoms with Gasteiger partial charge in [0.25, 0.3) is 0 Å². The molecule has 0 radical (unpaired) electrons. The maximum atomic E-state index is 12.6. The van der Waals surface area contributed by atoms with Crippen molar-refractivity contribution in [2.75, 3.05) is 26.4 Å². The van der Waals surface area contributed by atoms with Gasteiger partial charge in [-0.15, -0.1) is 0 Å². The van der Waals surface area contributed by atoms with E-state index in [9.17, 15) is 24.2 Å². The summed E-state index contributed by atoms with van der Waals surface area (Å²) in [4.78, 5) is 34.9. The minimum atomic E-state index is -4.63. The third-order valence-corrected chi connectivity index (χ3v) is 9.08. The zero-order valence-electron chi connectivity index (χ0n) is 33.0. The van der Waals surface area contributed by atoms with Crippen molar-refractivity contribution in [2.45, 2.75) is 167 Å². The van der Waals surface area contributed by atoms with Crippen LogP contribution in [-0.4, -0.2) is 65.7 Å². The Balaban J connectivity index is 4.44. The van der Waals surface area contributed by atoms with Gasteiger partial charge in [0.2, 0.25) is 0 Å². The van der Waals surface area contributed by atoms with Gasteiger partial charge in [-0.2, -0.15) is 0 Å². The number of ether oxygens (including phenoxy) is 2. The van der Waals surface area contributed by atoms with E-state index < -0.39 is 51.8 Å². The van der Waals surface area contributed by atoms with Crippen molar-refractivity contribution in [1.29, 1.82) is 0 Å². The van der Waals surface area contributed by atoms with Crippen LogP contribution in [-0.2, 0) is 32.7 Å². The molecule has 3 atom stereocenters. The van der Waals surface area contributed by atoms with Crippen molar-refractivity contribution in [2.24, 2.45) is 0 Å². The minimum absolute atomic E-state index is 0.141. The fourth-order valence-electron chi connectivity index (χ4n) is 4.98. The number of phosphoric ester groups is 1. The smallest absolute Gasteiger partial charge is 0.462 e. The van der Waals surface area contributed by atoms with E-state index in [2.05, 4.69) is 79.1 Å². The fourth-order valence-corrected chi connectivity index (χ4v) is 5.77. The summed E-state index contributed by atoms with van der Waals surface area (Å²) >= 11 is 0. The molecular weight excluding hydrogens is 695 g/mol. The van der Waals surface area contributed by atoms with Crippen molar-refractivity contribution in [1.82, 2.24) is 0 Å². The predicted molar refractivity (Wildman–Crippen MR) is 214 cm³/mol. The molecule has 0 spiro atoms. The second kappa shape index (κ2) is 38.0. The molecule has 0 fully saturated rings. The molecule has 0 aliphatic rings. The molecule has 0 aliphatic carbocycles. The summed E-state index contributed by atoms with van der Waals surface area (Å²) in [5.41, 5.74) is 0. The first-order chi connectivity index (χ1) is 25.7. The zero-order valence-corrected chi connectivity index (χ0v) is 33.9. The zero-order chi connectivity index (χ0) is 39.1. The number of hydrogen-bond donors (Lipinski definition) is 3. The van der Waals surface area contributed by atoms with Gasteiger partial charge in [0.1, 0.15) is 12.7 Å². The van der Waals surface area contributed by atoms with Crippen LogP contribution in [0, 0.1) is 0 Å². The average molecular weight is 769 g/mol. The predicted octanol–water partition coefficient (Wildman–Crippen LogP) is 10.3. The van der Waals surface area contributed by atoms with Gasteiger partial charge in [0, 0.05) is 12.8 Å². The monoisotopic (exact) mass is 768 g/mol. The van der Waals surface area contributed by atoms with Gasteiger partial charge in [-0.3, -0.25) is 18.6 Å². The molecule has 0 rings (SSSR count). The first-order valence-corrected chi connectivity index (χ1v) is 21.7. The molecule has 11 heteroatoms. The van der Waals surface area contributed by atoms with Crippen LogP contribution in [0.4, 0.5) is 0 Å². The largest absolute Gasteiger partial charge is 0.472 e. The van der Waals surface area contributed by atoms with Gasteiger partial charge >= 0.3 is 19.8 Å². The molecule has 3 N–H and O–H groups in total. The Hall–Kier alpha value is -2.33. The molecule has 0 aromatic carbocycles. The Morgan fingerprint density at radius 3 is 1.57 bits per heavy atom. The van der Waals surface area contributed by atoms with Crippen LogP contribution in [0.3, 0.4) is 0 Å². The highest BCUT2D eigenvalue weighted by molar-refractivity contribution is 7.47. The Morgan fingerprint density at radius 1 is 0.566 bits per heavy atom. The number of rotatable bonds is 37. The van der Waals surface area contributed by atoms with Crippen molar-refractivity contribution in [3.05, 3.63) is 60.8 Å². The van der Waals surface area contributed by atoms with Crippen LogP contribution >= 0.6 is 7.82 Å². The fraction of sp³-hybridized carbons (Fsp3) is 0.714. The van der Waals surface area contributed by atoms with Gasteiger partial charge in [0.15, 0.2) is 6.10 Å². The topological polar surface area (TPSA) is 149 Å². The molecule has 306 valence electrons. The van der Waals surface area contributed by atoms with Crippen LogP contribution in [0.5, 0.6) is 0 Å². The van der Waals surface area contributed by atoms with Crippen molar-refractivity contribution in [3.63, 3.8) is 0 Å². The molecule has 0 amide bonds. The third-order valence-electron chi connectivity index (χ3n) is 8.13. The highest BCUT2D eigenvalue weighted by atomic mass is 31.2. The van der Waals surface area contributed by atoms with E-state index in [-0.39, 0.29) is 19.4 Å². The van der Waals surface area contributed by atoms with Gasteiger partial charge in [-0.05, 0) is 77.0 Å². The number of carbonyl (C=O) groups excluding carboxylic acids is 2. The average Bonchev–Trinajstić information content (AvgIpc) is 3.14. The summed E-state index contributed by atoms with van der Waals surface area (Å²) in [6.07, 6.45) is 40.4. The highest BCUT2D eigenvalue weighted by Crippen LogP contribution is 2.43. The van der Waals surface area contributed by atoms with Gasteiger partial charge in [-0.1, -0.05) is 126 Å². The maximum Gasteiger partial charge on any atom is 0.472 e. The van der Waals surface area contributed by atoms with E-state index in [1.807, 2.05) is 0 Å². The van der Waals surface area contributed by atoms with Gasteiger partial charge < -0.3 is 24.6 Å². The molecular formula is C42H73O10P. The van der Waals surface area contributed by atoms with E-state index in [0.29, 0.717) is 12.8 Å². The first kappa shape index (κ1) is 50.7. The Kier molecular flexibility index (Phi) is 36.3. The van der Waals surface area contributed by atoms with E-state index >= 15 is 0 Å². The number of unbranched alkanes of at least 4 members (excludes halogenated alkanes) is 13. The number of allylic oxidation sites excluding steroid dienone is 10. The lowest BCUT2D eigenvalue weighted by Crippen LogP contribution is -2.29. The number of phosphoric acid groups is 1. The molecule has 0 heterocycles. The SMILES string of the molecule is CCC/C=C/C/C=C/C/C=C/C/C=C/CCCCCC(=O)O[C@H](COC(=O)CCCCC/C=C/CCCCCCCC)COP(=O)(O)OC[C@@H](O)CO. The first-order valence-electron chi connectivity index (χ1n) is 20.2. The highest BCUT2D eigenvalue weighted by Gasteiger charge is 2.27. The second-order valence-corrected chi connectivity index (χ2v) is 14.8. The molecule has 1 unspecified atom stereocenters. The molecule has 53 heavy (non-hydrogen) atoms. The number of aliphatic hydroxyl groups excluding tert-OH is 2. The van der Waals surface area contributed by atoms with Crippen molar-refractivity contribution >= 4 is 19.8 Å². The number of hydrogen-bond acceptors (Lipinski definition) is 9. The lowest BCUT2D eigenvalue weighted by molar-refractivity contribution is -0.161. The second-order valence-electron chi connectivity index (χ2n) is 13.3. The van der Waals surface area contributed by atoms with Crippen molar-refractivity contribution in [3.8, 4) is 0 Å². The van der Waals surface area contributed by atoms with E-state index in [1.165, 1.54) is 44.9 Å². The van der Waals surface area contributed by atoms with Gasteiger partial charge in [0.05, 0.1) is 19.8 Å². The van der Waals surface area contributed by atoms with Crippen LogP contribution in [0.25, 0.3) is 0 Å². The Labute approximate surface area is 321 Å². The molecule has 0 aromatic rings. The summed E-state index contributed by atoms with van der Waals surface area (Å²) in [6.45, 7) is 2.23. The molecule has 0 saturated carbocycles. The summed E-state index contributed by atoms with van der Waals surface area (Å²) in [6, 6.07) is 0. The number of aliphatic hydroxyl groups is 2. The quantitative estimate of drug-likeness (QED) is 0.0241. The minimum Gasteiger partial charge on any atom is -0.462 e. The van der Waals surface area contributed by atoms with E-state index in [1.54, 1.807) is 0 Å². The summed E-state index contributed by atoms with van der Waals surface area (Å²) in [7, 11) is -4.63. The standard InChI is InChI=1S/C42H73O10P/c1-3-5-7-9-11-13-15-17-18-19-20-22-24-26-28-30-32-34-42(46)52-40(38-51-53(47,48)50-36-39(44)35-43)37-49-41(45)33-31-29-27-25-23-21-16-14-12-10-8-6-4-2/h7,9,13,15,18-19,21-24,39-40,43-44H,3-6,8,10-12,14,16-17,20,25-38H2,1-2H3,(H,47,48)/b9-7+,15-13+,19-18+,23-21+,24-22+/t39-,40+/m0/s1. The van der Waals surface area contributed by atoms with Crippen LogP contribution in [0.2, 0.25) is 0 Å². The molecule has 0 aliphatic heterocycles. The summed E-state index contributed by atoms with van der Waals surface area (Å²) < 4.78 is 32.6. The number of esters is 2. The van der Waals surface area contributed by atoms with Crippen LogP contribution < -0.4 is 0 Å². The van der Waals surface area contributed by atoms with E-state index in [4.69, 9.17) is 19.1 Å². The van der Waals surface area contributed by atoms with E-state index in [0.717, 1.165) is 70.6 Å². The summed E-state index contributed by atoms with van der Waals surface area (Å²) in [5, 5.41) is 18.3. The lowest BCUT2D eigenvalue weighted by atomic mass is 10.1. The molecule has 0 saturated heterocycles. The van der Waals surface area contributed by atoms with Crippen LogP contribution in [0.15, 0.2) is 60.8 Å². The molecule has 0 bridgehead atoms. The summed E-state index contributed by atoms with van der Waals surface area (Å²) in [5.74, 6) is -0.985. The maximum absolute atomic E-state index is 12.6. The number of carbonyl (C=O) groups is 2.